The van der Waals surface area contributed by atoms with Crippen LogP contribution in [0.25, 0.3) is 0 Å². The van der Waals surface area contributed by atoms with Gasteiger partial charge in [-0.25, -0.2) is 0 Å². The molecule has 0 radical (unpaired) electrons. The lowest BCUT2D eigenvalue weighted by atomic mass is 10.1. The summed E-state index contributed by atoms with van der Waals surface area (Å²) in [5, 5.41) is 2.98. The number of amides is 1. The Morgan fingerprint density at radius 2 is 1.64 bits per heavy atom. The van der Waals surface area contributed by atoms with Gasteiger partial charge in [-0.2, -0.15) is 0 Å². The summed E-state index contributed by atoms with van der Waals surface area (Å²) in [6, 6.07) is 20.8. The van der Waals surface area contributed by atoms with Gasteiger partial charge in [0.1, 0.15) is 11.5 Å². The molecule has 126 valence electrons. The zero-order valence-electron chi connectivity index (χ0n) is 14.3. The molecule has 1 unspecified atom stereocenters. The van der Waals surface area contributed by atoms with Crippen LogP contribution in [0.2, 0.25) is 0 Å². The zero-order chi connectivity index (χ0) is 17.6. The molecule has 0 aliphatic rings. The smallest absolute Gasteiger partial charge is 0.253 e. The molecule has 1 amide bonds. The fraction of sp³-hybridized carbons (Fsp3) is 0.143. The van der Waals surface area contributed by atoms with Crippen LogP contribution in [-0.4, -0.2) is 10.9 Å². The maximum absolute atomic E-state index is 12.3. The summed E-state index contributed by atoms with van der Waals surface area (Å²) in [5.74, 6) is 1.42. The van der Waals surface area contributed by atoms with Crippen LogP contribution in [0.4, 0.5) is 0 Å². The van der Waals surface area contributed by atoms with E-state index in [1.54, 1.807) is 12.3 Å². The second-order valence-corrected chi connectivity index (χ2v) is 5.87. The predicted molar refractivity (Wildman–Crippen MR) is 97.8 cm³/mol. The Kier molecular flexibility index (Phi) is 5.09. The summed E-state index contributed by atoms with van der Waals surface area (Å²) in [4.78, 5) is 16.4. The van der Waals surface area contributed by atoms with E-state index in [-0.39, 0.29) is 11.9 Å². The van der Waals surface area contributed by atoms with Gasteiger partial charge in [0.15, 0.2) is 0 Å². The number of aromatic nitrogens is 1. The van der Waals surface area contributed by atoms with Gasteiger partial charge in [0.25, 0.3) is 5.91 Å². The molecule has 3 rings (SSSR count). The fourth-order valence-corrected chi connectivity index (χ4v) is 2.41. The Labute approximate surface area is 147 Å². The minimum Gasteiger partial charge on any atom is -0.457 e. The van der Waals surface area contributed by atoms with Crippen molar-refractivity contribution in [3.05, 3.63) is 89.7 Å². The second-order valence-electron chi connectivity index (χ2n) is 5.87. The molecular weight excluding hydrogens is 312 g/mol. The summed E-state index contributed by atoms with van der Waals surface area (Å²) >= 11 is 0. The third-order valence-electron chi connectivity index (χ3n) is 3.88. The highest BCUT2D eigenvalue weighted by Gasteiger charge is 2.12. The van der Waals surface area contributed by atoms with E-state index in [2.05, 4.69) is 10.3 Å². The highest BCUT2D eigenvalue weighted by molar-refractivity contribution is 5.94. The lowest BCUT2D eigenvalue weighted by Gasteiger charge is -2.15. The van der Waals surface area contributed by atoms with E-state index < -0.39 is 0 Å². The van der Waals surface area contributed by atoms with Gasteiger partial charge in [0.05, 0.1) is 11.6 Å². The molecule has 1 atom stereocenters. The number of ether oxygens (including phenoxy) is 1. The highest BCUT2D eigenvalue weighted by atomic mass is 16.5. The number of hydrogen-bond acceptors (Lipinski definition) is 3. The molecule has 0 saturated heterocycles. The first kappa shape index (κ1) is 16.7. The number of aryl methyl sites for hydroxylation is 1. The van der Waals surface area contributed by atoms with Crippen LogP contribution < -0.4 is 10.1 Å². The summed E-state index contributed by atoms with van der Waals surface area (Å²) in [5.41, 5.74) is 2.45. The molecule has 25 heavy (non-hydrogen) atoms. The predicted octanol–water partition coefficient (Wildman–Crippen LogP) is 4.67. The van der Waals surface area contributed by atoms with Gasteiger partial charge in [-0.15, -0.1) is 0 Å². The largest absolute Gasteiger partial charge is 0.457 e. The number of pyridine rings is 1. The number of para-hydroxylation sites is 1. The summed E-state index contributed by atoms with van der Waals surface area (Å²) in [6.07, 6.45) is 1.59. The van der Waals surface area contributed by atoms with Crippen molar-refractivity contribution in [2.24, 2.45) is 0 Å². The normalized spacial score (nSPS) is 11.6. The van der Waals surface area contributed by atoms with Gasteiger partial charge in [-0.3, -0.25) is 9.78 Å². The third kappa shape index (κ3) is 4.44. The molecule has 0 fully saturated rings. The lowest BCUT2D eigenvalue weighted by Crippen LogP contribution is -2.26. The van der Waals surface area contributed by atoms with Gasteiger partial charge >= 0.3 is 0 Å². The van der Waals surface area contributed by atoms with Crippen molar-refractivity contribution in [1.82, 2.24) is 10.3 Å². The monoisotopic (exact) mass is 332 g/mol. The van der Waals surface area contributed by atoms with Crippen LogP contribution >= 0.6 is 0 Å². The molecule has 1 heterocycles. The molecule has 3 aromatic rings. The van der Waals surface area contributed by atoms with Gasteiger partial charge in [0, 0.05) is 11.9 Å². The van der Waals surface area contributed by atoms with E-state index in [1.807, 2.05) is 74.5 Å². The Bertz CT molecular complexity index is 828. The van der Waals surface area contributed by atoms with Crippen LogP contribution in [0.3, 0.4) is 0 Å². The van der Waals surface area contributed by atoms with E-state index in [1.165, 1.54) is 0 Å². The highest BCUT2D eigenvalue weighted by Crippen LogP contribution is 2.23. The third-order valence-corrected chi connectivity index (χ3v) is 3.88. The summed E-state index contributed by atoms with van der Waals surface area (Å²) in [6.45, 7) is 3.84. The first-order valence-corrected chi connectivity index (χ1v) is 8.18. The zero-order valence-corrected chi connectivity index (χ0v) is 14.3. The summed E-state index contributed by atoms with van der Waals surface area (Å²) in [7, 11) is 0. The average molecular weight is 332 g/mol. The number of benzene rings is 2. The minimum atomic E-state index is -0.135. The van der Waals surface area contributed by atoms with Crippen molar-refractivity contribution in [2.45, 2.75) is 19.9 Å². The Morgan fingerprint density at radius 1 is 0.960 bits per heavy atom. The molecule has 1 aromatic heterocycles. The topological polar surface area (TPSA) is 51.2 Å². The quantitative estimate of drug-likeness (QED) is 0.738. The van der Waals surface area contributed by atoms with Crippen molar-refractivity contribution >= 4 is 5.91 Å². The minimum absolute atomic E-state index is 0.112. The number of carbonyl (C=O) groups is 1. The van der Waals surface area contributed by atoms with Crippen molar-refractivity contribution < 1.29 is 9.53 Å². The van der Waals surface area contributed by atoms with Crippen LogP contribution in [0.1, 0.15) is 34.6 Å². The summed E-state index contributed by atoms with van der Waals surface area (Å²) < 4.78 is 5.78. The first-order valence-electron chi connectivity index (χ1n) is 8.18. The number of nitrogens with zero attached hydrogens (tertiary/aromatic N) is 1. The number of rotatable bonds is 5. The molecule has 0 aliphatic carbocycles. The molecule has 4 heteroatoms. The Hall–Kier alpha value is -3.14. The lowest BCUT2D eigenvalue weighted by molar-refractivity contribution is 0.0939. The SMILES string of the molecule is Cc1ccc(C(=O)NC(C)c2ccc(Oc3ccccc3)cc2)cn1. The maximum atomic E-state index is 12.3. The molecule has 2 aromatic carbocycles. The molecule has 0 bridgehead atoms. The van der Waals surface area contributed by atoms with Crippen LogP contribution in [-0.2, 0) is 0 Å². The van der Waals surface area contributed by atoms with E-state index in [9.17, 15) is 4.79 Å². The van der Waals surface area contributed by atoms with Gasteiger partial charge in [-0.05, 0) is 55.8 Å². The van der Waals surface area contributed by atoms with Crippen molar-refractivity contribution in [2.75, 3.05) is 0 Å². The Balaban J connectivity index is 1.63. The average Bonchev–Trinajstić information content (AvgIpc) is 2.63. The first-order chi connectivity index (χ1) is 12.1. The van der Waals surface area contributed by atoms with Crippen LogP contribution in [0.5, 0.6) is 11.5 Å². The molecular formula is C21H20N2O2. The van der Waals surface area contributed by atoms with E-state index in [0.29, 0.717) is 5.56 Å². The van der Waals surface area contributed by atoms with Crippen molar-refractivity contribution in [3.8, 4) is 11.5 Å². The van der Waals surface area contributed by atoms with Crippen molar-refractivity contribution in [3.63, 3.8) is 0 Å². The number of hydrogen-bond donors (Lipinski definition) is 1. The molecule has 4 nitrogen and oxygen atoms in total. The van der Waals surface area contributed by atoms with Crippen LogP contribution in [0, 0.1) is 6.92 Å². The van der Waals surface area contributed by atoms with Crippen LogP contribution in [0.15, 0.2) is 72.9 Å². The second kappa shape index (κ2) is 7.62. The van der Waals surface area contributed by atoms with E-state index in [0.717, 1.165) is 22.8 Å². The van der Waals surface area contributed by atoms with E-state index >= 15 is 0 Å². The van der Waals surface area contributed by atoms with Gasteiger partial charge in [0.2, 0.25) is 0 Å². The molecule has 0 spiro atoms. The molecule has 0 aliphatic heterocycles. The Morgan fingerprint density at radius 3 is 2.28 bits per heavy atom. The van der Waals surface area contributed by atoms with Gasteiger partial charge < -0.3 is 10.1 Å². The number of carbonyl (C=O) groups excluding carboxylic acids is 1. The fourth-order valence-electron chi connectivity index (χ4n) is 2.41. The van der Waals surface area contributed by atoms with E-state index in [4.69, 9.17) is 4.74 Å². The maximum Gasteiger partial charge on any atom is 0.253 e. The van der Waals surface area contributed by atoms with Gasteiger partial charge in [-0.1, -0.05) is 30.3 Å². The standard InChI is InChI=1S/C21H20N2O2/c1-15-8-9-18(14-22-15)21(24)23-16(2)17-10-12-20(13-11-17)25-19-6-4-3-5-7-19/h3-14,16H,1-2H3,(H,23,24). The van der Waals surface area contributed by atoms with Crippen molar-refractivity contribution in [1.29, 1.82) is 0 Å². The number of nitrogens with one attached hydrogen (secondary N) is 1. The molecule has 0 saturated carbocycles. The molecule has 1 N–H and O–H groups in total.